The summed E-state index contributed by atoms with van der Waals surface area (Å²) in [5.41, 5.74) is -2.88. The molecule has 1 aromatic carbocycles. The lowest BCUT2D eigenvalue weighted by Crippen LogP contribution is -2.43. The number of aromatic nitrogens is 2. The Morgan fingerprint density at radius 3 is 1.27 bits per heavy atom. The maximum absolute atomic E-state index is 14.5. The first-order valence-corrected chi connectivity index (χ1v) is 15.0. The van der Waals surface area contributed by atoms with Crippen LogP contribution in [0.5, 0.6) is 0 Å². The van der Waals surface area contributed by atoms with Gasteiger partial charge < -0.3 is 30.3 Å². The molecule has 2 aliphatic rings. The van der Waals surface area contributed by atoms with Crippen molar-refractivity contribution in [2.45, 2.75) is 41.5 Å². The predicted octanol–water partition coefficient (Wildman–Crippen LogP) is -2.17. The molecular formula is C32H38N6O10. The largest absolute Gasteiger partial charge is 0.512 e. The molecule has 0 amide bonds. The Morgan fingerprint density at radius 1 is 0.625 bits per heavy atom. The average Bonchev–Trinajstić information content (AvgIpc) is 3.00. The molecule has 0 bridgehead atoms. The quantitative estimate of drug-likeness (QED) is 0.0815. The number of carbonyl (C=O) groups is 4. The van der Waals surface area contributed by atoms with Crippen LogP contribution >= 0.6 is 0 Å². The second kappa shape index (κ2) is 16.6. The summed E-state index contributed by atoms with van der Waals surface area (Å²) in [6, 6.07) is 0. The zero-order valence-electron chi connectivity index (χ0n) is 27.6. The van der Waals surface area contributed by atoms with Crippen LogP contribution in [0.3, 0.4) is 0 Å². The Kier molecular flexibility index (Phi) is 12.8. The number of Topliss-reactive ketones (excluding diaryl/α,β-unsaturated/α-hetero) is 2. The van der Waals surface area contributed by atoms with E-state index in [0.29, 0.717) is 13.1 Å². The zero-order chi connectivity index (χ0) is 35.7. The number of hydrogen-bond acceptors (Lipinski definition) is 16. The third-order valence-corrected chi connectivity index (χ3v) is 7.04. The van der Waals surface area contributed by atoms with Gasteiger partial charge in [0.1, 0.15) is 13.2 Å². The molecule has 48 heavy (non-hydrogen) atoms. The summed E-state index contributed by atoms with van der Waals surface area (Å²) in [4.78, 5) is 85.9. The Balaban J connectivity index is 2.46. The van der Waals surface area contributed by atoms with Crippen molar-refractivity contribution in [3.8, 4) is 0 Å². The molecule has 0 spiro atoms. The average molecular weight is 667 g/mol. The minimum Gasteiger partial charge on any atom is -0.512 e. The summed E-state index contributed by atoms with van der Waals surface area (Å²) in [5, 5.41) is 33.6. The van der Waals surface area contributed by atoms with Crippen LogP contribution in [0.2, 0.25) is 0 Å². The summed E-state index contributed by atoms with van der Waals surface area (Å²) >= 11 is 0. The van der Waals surface area contributed by atoms with Crippen molar-refractivity contribution in [1.29, 1.82) is 0 Å². The number of nitrogens with one attached hydrogen (secondary N) is 2. The number of ketones is 2. The summed E-state index contributed by atoms with van der Waals surface area (Å²) < 4.78 is 9.74. The van der Waals surface area contributed by atoms with E-state index < -0.39 is 56.7 Å². The molecule has 0 fully saturated rings. The van der Waals surface area contributed by atoms with E-state index in [1.165, 1.54) is 27.7 Å². The molecule has 0 radical (unpaired) electrons. The van der Waals surface area contributed by atoms with E-state index in [2.05, 4.69) is 30.8 Å². The highest BCUT2D eigenvalue weighted by atomic mass is 16.5. The van der Waals surface area contributed by atoms with Gasteiger partial charge >= 0.3 is 11.9 Å². The predicted molar refractivity (Wildman–Crippen MR) is 172 cm³/mol. The third-order valence-electron chi connectivity index (χ3n) is 7.04. The number of benzene rings is 1. The standard InChI is InChI=1S/C32H38N6O10/c1-15(39)21-22(16(2)40)24(18(4)42)26-25(23(21)17(3)41)29(45)27-28(30(26)46)32(36-10-8-34-12-14-48-20(6)44)38-37-31(27)35-9-7-33-11-13-47-19(5)43/h33-34,39-40H,7-14H2,1-6H3. The molecule has 1 aliphatic carbocycles. The number of rotatable bonds is 14. The molecule has 1 aliphatic heterocycles. The monoisotopic (exact) mass is 666 g/mol. The number of nitrogens with zero attached hydrogens (tertiary/aromatic N) is 4. The number of carbonyl (C=O) groups excluding carboxylic acids is 4. The van der Waals surface area contributed by atoms with Gasteiger partial charge in [0.25, 0.3) is 0 Å². The van der Waals surface area contributed by atoms with Crippen molar-refractivity contribution >= 4 is 45.8 Å². The Morgan fingerprint density at radius 2 is 0.979 bits per heavy atom. The van der Waals surface area contributed by atoms with Crippen molar-refractivity contribution in [1.82, 2.24) is 20.8 Å². The van der Waals surface area contributed by atoms with Gasteiger partial charge in [0.05, 0.1) is 35.0 Å². The molecule has 4 N–H and O–H groups in total. The van der Waals surface area contributed by atoms with Crippen molar-refractivity contribution in [2.75, 3.05) is 52.5 Å². The van der Waals surface area contributed by atoms with E-state index >= 15 is 0 Å². The number of ether oxygens (including phenoxy) is 2. The fourth-order valence-corrected chi connectivity index (χ4v) is 5.22. The lowest BCUT2D eigenvalue weighted by molar-refractivity contribution is -0.141. The van der Waals surface area contributed by atoms with Gasteiger partial charge in [-0.3, -0.25) is 38.8 Å². The van der Waals surface area contributed by atoms with Crippen LogP contribution in [-0.4, -0.2) is 96.4 Å². The Bertz CT molecular complexity index is 2040. The topological polar surface area (TPSA) is 236 Å². The molecule has 0 saturated carbocycles. The summed E-state index contributed by atoms with van der Waals surface area (Å²) in [5.74, 6) is -3.20. The van der Waals surface area contributed by atoms with Gasteiger partial charge in [0.15, 0.2) is 33.4 Å². The van der Waals surface area contributed by atoms with Crippen LogP contribution in [0.15, 0.2) is 19.6 Å². The molecule has 0 unspecified atom stereocenters. The smallest absolute Gasteiger partial charge is 0.302 e. The number of hydrogen-bond donors (Lipinski definition) is 4. The highest BCUT2D eigenvalue weighted by molar-refractivity contribution is 6.14. The number of aliphatic hydroxyl groups is 2. The lowest BCUT2D eigenvalue weighted by Gasteiger charge is -2.12. The molecule has 0 aromatic heterocycles. The summed E-state index contributed by atoms with van der Waals surface area (Å²) in [6.45, 7) is 8.87. The number of esters is 2. The molecule has 0 saturated heterocycles. The fourth-order valence-electron chi connectivity index (χ4n) is 5.22. The maximum atomic E-state index is 14.5. The first-order chi connectivity index (χ1) is 22.7. The van der Waals surface area contributed by atoms with Crippen molar-refractivity contribution < 1.29 is 38.9 Å². The van der Waals surface area contributed by atoms with Gasteiger partial charge in [-0.2, -0.15) is 0 Å². The Labute approximate surface area is 272 Å². The molecule has 256 valence electrons. The molecule has 0 atom stereocenters. The molecule has 16 heteroatoms. The van der Waals surface area contributed by atoms with E-state index in [-0.39, 0.29) is 82.4 Å². The van der Waals surface area contributed by atoms with Gasteiger partial charge in [-0.1, -0.05) is 0 Å². The van der Waals surface area contributed by atoms with E-state index in [1.54, 1.807) is 0 Å². The van der Waals surface area contributed by atoms with Gasteiger partial charge in [0.2, 0.25) is 0 Å². The van der Waals surface area contributed by atoms with Crippen LogP contribution in [0.1, 0.15) is 62.3 Å². The second-order valence-corrected chi connectivity index (χ2v) is 10.7. The van der Waals surface area contributed by atoms with Gasteiger partial charge in [0, 0.05) is 72.4 Å². The number of aliphatic hydroxyl groups excluding tert-OH is 2. The lowest BCUT2D eigenvalue weighted by atomic mass is 9.89. The zero-order valence-corrected chi connectivity index (χ0v) is 27.6. The molecular weight excluding hydrogens is 628 g/mol. The normalized spacial score (nSPS) is 13.5. The second-order valence-electron chi connectivity index (χ2n) is 10.7. The molecule has 16 nitrogen and oxygen atoms in total. The minimum absolute atomic E-state index is 0.0584. The molecule has 3 rings (SSSR count). The van der Waals surface area contributed by atoms with Crippen molar-refractivity contribution in [3.05, 3.63) is 63.4 Å². The van der Waals surface area contributed by atoms with Crippen LogP contribution < -0.4 is 42.9 Å². The van der Waals surface area contributed by atoms with E-state index in [0.717, 1.165) is 13.8 Å². The van der Waals surface area contributed by atoms with Crippen molar-refractivity contribution in [3.63, 3.8) is 0 Å². The first kappa shape index (κ1) is 37.2. The third kappa shape index (κ3) is 8.38. The Hall–Kier alpha value is -5.22. The van der Waals surface area contributed by atoms with E-state index in [9.17, 15) is 39.0 Å². The van der Waals surface area contributed by atoms with Crippen LogP contribution in [-0.2, 0) is 19.1 Å². The van der Waals surface area contributed by atoms with Gasteiger partial charge in [-0.15, -0.1) is 10.2 Å². The van der Waals surface area contributed by atoms with Gasteiger partial charge in [-0.25, -0.2) is 0 Å². The van der Waals surface area contributed by atoms with Crippen LogP contribution in [0, 0.1) is 10.4 Å². The summed E-state index contributed by atoms with van der Waals surface area (Å²) in [7, 11) is 0. The van der Waals surface area contributed by atoms with E-state index in [1.807, 2.05) is 0 Å². The fraction of sp³-hybridized carbons (Fsp3) is 0.438. The minimum atomic E-state index is -0.871. The highest BCUT2D eigenvalue weighted by Gasteiger charge is 2.26. The number of fused-ring (bicyclic) bond motifs is 1. The van der Waals surface area contributed by atoms with Crippen LogP contribution in [0.4, 0.5) is 0 Å². The highest BCUT2D eigenvalue weighted by Crippen LogP contribution is 2.14. The SMILES string of the molecule is CC(=O)OCCNCCN=c1nnc(=NCCNCCOC(C)=O)c2c(=O)c3c(C(C)=O)c(=C(C)O)c(=C(C)O)c(C(C)=O)c3c(=O)c1=2. The summed E-state index contributed by atoms with van der Waals surface area (Å²) in [6.07, 6.45) is 0. The molecule has 1 heterocycles. The van der Waals surface area contributed by atoms with Crippen LogP contribution in [0.25, 0.3) is 22.3 Å². The van der Waals surface area contributed by atoms with E-state index in [4.69, 9.17) is 9.47 Å². The first-order valence-electron chi connectivity index (χ1n) is 15.0. The van der Waals surface area contributed by atoms with Crippen molar-refractivity contribution in [2.24, 2.45) is 9.98 Å². The maximum Gasteiger partial charge on any atom is 0.302 e. The molecule has 1 aromatic rings. The van der Waals surface area contributed by atoms with Gasteiger partial charge in [-0.05, 0) is 27.7 Å².